The van der Waals surface area contributed by atoms with Crippen molar-refractivity contribution in [3.8, 4) is 28.7 Å². The Labute approximate surface area is 232 Å². The summed E-state index contributed by atoms with van der Waals surface area (Å²) in [6.45, 7) is 0. The van der Waals surface area contributed by atoms with Crippen LogP contribution in [0.15, 0.2) is 124 Å². The van der Waals surface area contributed by atoms with E-state index in [1.54, 1.807) is 0 Å². The van der Waals surface area contributed by atoms with Crippen LogP contribution in [0.4, 0.5) is 0 Å². The minimum absolute atomic E-state index is 0.490. The molecule has 7 nitrogen and oxygen atoms in total. The van der Waals surface area contributed by atoms with Crippen LogP contribution >= 0.6 is 0 Å². The first-order chi connectivity index (χ1) is 20.3. The normalized spacial score (nSPS) is 11.9. The fourth-order valence-electron chi connectivity index (χ4n) is 5.84. The zero-order valence-electron chi connectivity index (χ0n) is 21.5. The highest BCUT2D eigenvalue weighted by molar-refractivity contribution is 6.32. The molecule has 0 saturated heterocycles. The number of rotatable bonds is 3. The number of hydrogen-bond donors (Lipinski definition) is 0. The summed E-state index contributed by atoms with van der Waals surface area (Å²) in [4.78, 5) is 19.6. The molecule has 0 amide bonds. The average Bonchev–Trinajstić information content (AvgIpc) is 3.75. The van der Waals surface area contributed by atoms with Crippen LogP contribution in [0.5, 0.6) is 0 Å². The Morgan fingerprint density at radius 1 is 0.561 bits per heavy atom. The van der Waals surface area contributed by atoms with E-state index in [2.05, 4.69) is 27.8 Å². The van der Waals surface area contributed by atoms with Gasteiger partial charge in [-0.05, 0) is 12.1 Å². The van der Waals surface area contributed by atoms with Gasteiger partial charge in [-0.3, -0.25) is 4.57 Å². The number of hydrogen-bond acceptors (Lipinski definition) is 6. The summed E-state index contributed by atoms with van der Waals surface area (Å²) >= 11 is 0. The van der Waals surface area contributed by atoms with Gasteiger partial charge in [-0.1, -0.05) is 97.1 Å². The van der Waals surface area contributed by atoms with Crippen LogP contribution in [0.2, 0.25) is 0 Å². The second-order valence-corrected chi connectivity index (χ2v) is 9.92. The van der Waals surface area contributed by atoms with Crippen LogP contribution in [0.25, 0.3) is 83.6 Å². The molecule has 0 aliphatic rings. The standard InChI is InChI=1S/C34H19N5O2/c1-3-11-20(12-4-1)32-36-33(21-13-5-2-6-14-21)38-34(37-32)39-24-17-9-7-15-22(24)27-29(39)31-26(28-30(27)40-19-35-28)23-16-8-10-18-25(23)41-31/h1-19H. The van der Waals surface area contributed by atoms with Crippen molar-refractivity contribution < 1.29 is 8.83 Å². The molecule has 4 heterocycles. The Balaban J connectivity index is 1.49. The lowest BCUT2D eigenvalue weighted by molar-refractivity contribution is 0.605. The Bertz CT molecular complexity index is 2360. The van der Waals surface area contributed by atoms with E-state index in [1.807, 2.05) is 91.0 Å². The maximum atomic E-state index is 6.59. The topological polar surface area (TPSA) is 82.8 Å². The van der Waals surface area contributed by atoms with Crippen molar-refractivity contribution in [2.45, 2.75) is 0 Å². The third kappa shape index (κ3) is 3.14. The predicted octanol–water partition coefficient (Wildman–Crippen LogP) is 8.34. The number of aromatic nitrogens is 5. The summed E-state index contributed by atoms with van der Waals surface area (Å²) in [6, 6.07) is 36.2. The first-order valence-corrected chi connectivity index (χ1v) is 13.3. The third-order valence-corrected chi connectivity index (χ3v) is 7.60. The van der Waals surface area contributed by atoms with E-state index in [-0.39, 0.29) is 0 Å². The summed E-state index contributed by atoms with van der Waals surface area (Å²) in [5, 5.41) is 3.78. The van der Waals surface area contributed by atoms with Crippen LogP contribution in [-0.2, 0) is 0 Å². The van der Waals surface area contributed by atoms with Crippen molar-refractivity contribution in [1.29, 1.82) is 0 Å². The monoisotopic (exact) mass is 529 g/mol. The van der Waals surface area contributed by atoms with Gasteiger partial charge in [-0.25, -0.2) is 9.97 Å². The fourth-order valence-corrected chi connectivity index (χ4v) is 5.84. The van der Waals surface area contributed by atoms with Gasteiger partial charge in [0.25, 0.3) is 0 Å². The van der Waals surface area contributed by atoms with Crippen LogP contribution in [-0.4, -0.2) is 24.5 Å². The molecule has 41 heavy (non-hydrogen) atoms. The lowest BCUT2D eigenvalue weighted by Crippen LogP contribution is -2.06. The molecule has 0 atom stereocenters. The molecule has 0 N–H and O–H groups in total. The zero-order valence-corrected chi connectivity index (χ0v) is 21.5. The summed E-state index contributed by atoms with van der Waals surface area (Å²) in [7, 11) is 0. The van der Waals surface area contributed by atoms with Crippen LogP contribution in [0.1, 0.15) is 0 Å². The quantitative estimate of drug-likeness (QED) is 0.229. The first kappa shape index (κ1) is 22.0. The fraction of sp³-hybridized carbons (Fsp3) is 0. The van der Waals surface area contributed by atoms with Crippen molar-refractivity contribution in [2.24, 2.45) is 0 Å². The molecule has 7 heteroatoms. The van der Waals surface area contributed by atoms with E-state index in [4.69, 9.17) is 23.8 Å². The summed E-state index contributed by atoms with van der Waals surface area (Å²) < 4.78 is 14.7. The summed E-state index contributed by atoms with van der Waals surface area (Å²) in [6.07, 6.45) is 1.50. The van der Waals surface area contributed by atoms with Crippen molar-refractivity contribution >= 4 is 54.8 Å². The van der Waals surface area contributed by atoms with Gasteiger partial charge in [0.05, 0.1) is 16.3 Å². The number of oxazole rings is 1. The van der Waals surface area contributed by atoms with Gasteiger partial charge in [0.15, 0.2) is 29.2 Å². The van der Waals surface area contributed by atoms with Crippen LogP contribution < -0.4 is 0 Å². The van der Waals surface area contributed by atoms with Crippen molar-refractivity contribution in [3.05, 3.63) is 116 Å². The molecule has 192 valence electrons. The molecule has 0 aliphatic heterocycles. The molecule has 0 saturated carbocycles. The van der Waals surface area contributed by atoms with Crippen molar-refractivity contribution in [2.75, 3.05) is 0 Å². The first-order valence-electron chi connectivity index (χ1n) is 13.3. The highest BCUT2D eigenvalue weighted by atomic mass is 16.3. The number of benzene rings is 5. The lowest BCUT2D eigenvalue weighted by Gasteiger charge is -2.11. The number of para-hydroxylation sites is 2. The summed E-state index contributed by atoms with van der Waals surface area (Å²) in [5.41, 5.74) is 6.52. The molecule has 9 rings (SSSR count). The maximum absolute atomic E-state index is 6.59. The predicted molar refractivity (Wildman–Crippen MR) is 160 cm³/mol. The second-order valence-electron chi connectivity index (χ2n) is 9.92. The molecule has 9 aromatic rings. The number of fused-ring (bicyclic) bond motifs is 10. The number of nitrogens with zero attached hydrogens (tertiary/aromatic N) is 5. The summed E-state index contributed by atoms with van der Waals surface area (Å²) in [5.74, 6) is 1.66. The molecule has 0 aliphatic carbocycles. The molecule has 0 spiro atoms. The molecular formula is C34H19N5O2. The van der Waals surface area contributed by atoms with E-state index in [9.17, 15) is 0 Å². The van der Waals surface area contributed by atoms with Crippen LogP contribution in [0.3, 0.4) is 0 Å². The van der Waals surface area contributed by atoms with E-state index in [0.29, 0.717) is 28.8 Å². The minimum Gasteiger partial charge on any atom is -0.454 e. The molecule has 0 unspecified atom stereocenters. The van der Waals surface area contributed by atoms with Gasteiger partial charge in [0.2, 0.25) is 5.95 Å². The molecule has 5 aromatic carbocycles. The average molecular weight is 530 g/mol. The van der Waals surface area contributed by atoms with Gasteiger partial charge in [0, 0.05) is 21.9 Å². The molecule has 0 bridgehead atoms. The maximum Gasteiger partial charge on any atom is 0.238 e. The molecule has 4 aromatic heterocycles. The minimum atomic E-state index is 0.490. The Morgan fingerprint density at radius 2 is 1.20 bits per heavy atom. The van der Waals surface area contributed by atoms with Gasteiger partial charge in [0.1, 0.15) is 16.6 Å². The number of furan rings is 1. The van der Waals surface area contributed by atoms with Gasteiger partial charge in [-0.15, -0.1) is 0 Å². The van der Waals surface area contributed by atoms with Crippen molar-refractivity contribution in [1.82, 2.24) is 24.5 Å². The van der Waals surface area contributed by atoms with E-state index in [1.165, 1.54) is 6.39 Å². The van der Waals surface area contributed by atoms with Gasteiger partial charge in [-0.2, -0.15) is 9.97 Å². The molecule has 0 fully saturated rings. The second kappa shape index (κ2) is 8.34. The Morgan fingerprint density at radius 3 is 1.93 bits per heavy atom. The molecule has 0 radical (unpaired) electrons. The third-order valence-electron chi connectivity index (χ3n) is 7.60. The van der Waals surface area contributed by atoms with Gasteiger partial charge >= 0.3 is 0 Å². The van der Waals surface area contributed by atoms with E-state index >= 15 is 0 Å². The van der Waals surface area contributed by atoms with Gasteiger partial charge < -0.3 is 8.83 Å². The van der Waals surface area contributed by atoms with Crippen LogP contribution in [0, 0.1) is 0 Å². The highest BCUT2D eigenvalue weighted by Crippen LogP contribution is 2.45. The molecular weight excluding hydrogens is 510 g/mol. The zero-order chi connectivity index (χ0) is 26.9. The highest BCUT2D eigenvalue weighted by Gasteiger charge is 2.26. The smallest absolute Gasteiger partial charge is 0.238 e. The SMILES string of the molecule is c1ccc(-c2nc(-c3ccccc3)nc(-n3c4ccccc4c4c5ocnc5c5c6ccccc6oc5c43)n2)cc1. The van der Waals surface area contributed by atoms with E-state index < -0.39 is 0 Å². The Hall–Kier alpha value is -5.82. The van der Waals surface area contributed by atoms with E-state index in [0.717, 1.165) is 54.8 Å². The largest absolute Gasteiger partial charge is 0.454 e. The lowest BCUT2D eigenvalue weighted by atomic mass is 10.1. The van der Waals surface area contributed by atoms with Crippen molar-refractivity contribution in [3.63, 3.8) is 0 Å². The Kier molecular flexibility index (Phi) is 4.48.